The number of aliphatic hydroxyl groups is 3. The maximum absolute atomic E-state index is 10.5. The fraction of sp³-hybridized carbons (Fsp3) is 0.833. The lowest BCUT2D eigenvalue weighted by molar-refractivity contribution is -0.376. The van der Waals surface area contributed by atoms with Crippen molar-refractivity contribution < 1.29 is 48.8 Å². The number of carbonyl (C=O) groups excluding carboxylic acids is 1. The molecule has 0 bridgehead atoms. The Morgan fingerprint density at radius 2 is 1.71 bits per heavy atom. The van der Waals surface area contributed by atoms with E-state index < -0.39 is 44.5 Å². The molecule has 3 N–H and O–H groups in total. The average Bonchev–Trinajstić information content (AvgIpc) is 2.16. The zero-order chi connectivity index (χ0) is 13.4. The Hall–Kier alpha value is -0.580. The zero-order valence-electron chi connectivity index (χ0n) is 8.03. The van der Waals surface area contributed by atoms with E-state index in [0.717, 1.165) is 0 Å². The van der Waals surface area contributed by atoms with Gasteiger partial charge in [0.05, 0.1) is 13.8 Å². The van der Waals surface area contributed by atoms with Crippen molar-refractivity contribution in [2.45, 2.75) is 30.7 Å². The molecule has 1 rings (SSSR count). The van der Waals surface area contributed by atoms with Crippen molar-refractivity contribution in [3.05, 3.63) is 0 Å². The summed E-state index contributed by atoms with van der Waals surface area (Å²) in [6.07, 6.45) is -10.6. The Labute approximate surface area is 94.3 Å². The first kappa shape index (κ1) is 14.5. The van der Waals surface area contributed by atoms with Crippen LogP contribution in [0.5, 0.6) is 0 Å². The van der Waals surface area contributed by atoms with Crippen LogP contribution in [0.25, 0.3) is 0 Å². The van der Waals surface area contributed by atoms with Crippen molar-refractivity contribution in [2.24, 2.45) is 0 Å². The molecule has 17 heavy (non-hydrogen) atoms. The van der Waals surface area contributed by atoms with Gasteiger partial charge in [-0.3, -0.25) is 0 Å². The van der Waals surface area contributed by atoms with Gasteiger partial charge in [0.15, 0.2) is 6.29 Å². The summed E-state index contributed by atoms with van der Waals surface area (Å²) in [5.74, 6) is -1.97. The molecule has 1 fully saturated rings. The van der Waals surface area contributed by atoms with Crippen LogP contribution in [0.2, 0.25) is 0 Å². The molecule has 0 aliphatic carbocycles. The third-order valence-electron chi connectivity index (χ3n) is 2.03. The van der Waals surface area contributed by atoms with E-state index in [1.807, 2.05) is 0 Å². The number of phosphoric ester groups is 1. The monoisotopic (exact) mass is 271 g/mol. The first-order valence-electron chi connectivity index (χ1n) is 4.24. The molecule has 1 aliphatic rings. The minimum absolute atomic E-state index is 1.97. The minimum atomic E-state index is -5.57. The van der Waals surface area contributed by atoms with Crippen molar-refractivity contribution in [1.82, 2.24) is 0 Å². The van der Waals surface area contributed by atoms with E-state index >= 15 is 0 Å². The van der Waals surface area contributed by atoms with Gasteiger partial charge in [-0.15, -0.1) is 0 Å². The molecular formula is C6H8O10P-3. The fourth-order valence-corrected chi connectivity index (χ4v) is 1.69. The molecule has 0 aromatic rings. The Balaban J connectivity index is 2.85. The number of carbonyl (C=O) groups is 1. The number of aliphatic hydroxyl groups excluding tert-OH is 3. The summed E-state index contributed by atoms with van der Waals surface area (Å²) < 4.78 is 18.3. The molecule has 10 nitrogen and oxygen atoms in total. The van der Waals surface area contributed by atoms with E-state index in [-0.39, 0.29) is 0 Å². The van der Waals surface area contributed by atoms with Crippen LogP contribution in [-0.2, 0) is 18.6 Å². The maximum Gasteiger partial charge on any atom is 0.191 e. The summed E-state index contributed by atoms with van der Waals surface area (Å²) in [6, 6.07) is 0. The van der Waals surface area contributed by atoms with Gasteiger partial charge in [-0.25, -0.2) is 0 Å². The molecule has 0 radical (unpaired) electrons. The highest BCUT2D eigenvalue weighted by molar-refractivity contribution is 7.43. The number of ether oxygens (including phenoxy) is 1. The van der Waals surface area contributed by atoms with Crippen LogP contribution in [0.3, 0.4) is 0 Å². The van der Waals surface area contributed by atoms with Crippen LogP contribution < -0.4 is 14.9 Å². The van der Waals surface area contributed by atoms with Crippen LogP contribution >= 0.6 is 7.82 Å². The van der Waals surface area contributed by atoms with Gasteiger partial charge in [0.1, 0.15) is 24.4 Å². The third kappa shape index (κ3) is 3.44. The highest BCUT2D eigenvalue weighted by atomic mass is 31.2. The second-order valence-electron chi connectivity index (χ2n) is 3.27. The maximum atomic E-state index is 10.5. The minimum Gasteiger partial charge on any atom is -0.790 e. The van der Waals surface area contributed by atoms with Gasteiger partial charge in [-0.05, 0) is 0 Å². The van der Waals surface area contributed by atoms with Gasteiger partial charge in [0.25, 0.3) is 0 Å². The first-order chi connectivity index (χ1) is 7.63. The molecule has 0 saturated carbocycles. The molecule has 1 saturated heterocycles. The van der Waals surface area contributed by atoms with Crippen molar-refractivity contribution >= 4 is 13.8 Å². The molecular weight excluding hydrogens is 263 g/mol. The highest BCUT2D eigenvalue weighted by Gasteiger charge is 2.45. The molecule has 0 aromatic heterocycles. The Morgan fingerprint density at radius 1 is 1.18 bits per heavy atom. The summed E-state index contributed by atoms with van der Waals surface area (Å²) in [4.78, 5) is 31.0. The number of carboxylic acids is 1. The Kier molecular flexibility index (Phi) is 4.23. The van der Waals surface area contributed by atoms with Crippen molar-refractivity contribution in [1.29, 1.82) is 0 Å². The van der Waals surface area contributed by atoms with Gasteiger partial charge in [-0.1, -0.05) is 0 Å². The summed E-state index contributed by atoms with van der Waals surface area (Å²) >= 11 is 0. The van der Waals surface area contributed by atoms with E-state index in [0.29, 0.717) is 0 Å². The van der Waals surface area contributed by atoms with Gasteiger partial charge in [-0.2, -0.15) is 0 Å². The molecule has 5 unspecified atom stereocenters. The third-order valence-corrected chi connectivity index (χ3v) is 2.50. The lowest BCUT2D eigenvalue weighted by Crippen LogP contribution is -2.62. The second kappa shape index (κ2) is 4.96. The number of carboxylic acid groups (broad SMARTS) is 1. The molecule has 1 aliphatic heterocycles. The topological polar surface area (TPSA) is 182 Å². The summed E-state index contributed by atoms with van der Waals surface area (Å²) in [5, 5.41) is 38.0. The predicted octanol–water partition coefficient (Wildman–Crippen LogP) is -5.61. The SMILES string of the molecule is O=C([O-])C1OC(OP(=O)([O-])[O-])C(O)C(O)C1O. The number of hydrogen-bond acceptors (Lipinski definition) is 10. The molecule has 5 atom stereocenters. The van der Waals surface area contributed by atoms with E-state index in [4.69, 9.17) is 5.11 Å². The highest BCUT2D eigenvalue weighted by Crippen LogP contribution is 2.33. The van der Waals surface area contributed by atoms with E-state index in [9.17, 15) is 34.5 Å². The van der Waals surface area contributed by atoms with Crippen LogP contribution in [-0.4, -0.2) is 52.0 Å². The number of hydrogen-bond donors (Lipinski definition) is 3. The Bertz CT molecular complexity index is 338. The standard InChI is InChI=1S/C6H11O10P/c7-1-2(8)4(5(10)11)15-6(3(1)9)16-17(12,13)14/h1-4,6-9H,(H,10,11)(H2,12,13,14)/p-3. The second-order valence-corrected chi connectivity index (χ2v) is 4.37. The smallest absolute Gasteiger partial charge is 0.191 e. The molecule has 11 heteroatoms. The van der Waals surface area contributed by atoms with E-state index in [1.54, 1.807) is 0 Å². The lowest BCUT2D eigenvalue weighted by Gasteiger charge is -2.43. The summed E-state index contributed by atoms with van der Waals surface area (Å²) in [5.41, 5.74) is 0. The predicted molar refractivity (Wildman–Crippen MR) is 40.4 cm³/mol. The fourth-order valence-electron chi connectivity index (χ4n) is 1.26. The summed E-state index contributed by atoms with van der Waals surface area (Å²) in [7, 11) is -5.57. The molecule has 0 aromatic carbocycles. The van der Waals surface area contributed by atoms with Crippen molar-refractivity contribution in [2.75, 3.05) is 0 Å². The molecule has 1 heterocycles. The summed E-state index contributed by atoms with van der Waals surface area (Å²) in [6.45, 7) is 0. The van der Waals surface area contributed by atoms with E-state index in [1.165, 1.54) is 0 Å². The lowest BCUT2D eigenvalue weighted by atomic mass is 9.99. The number of aliphatic carboxylic acids is 1. The van der Waals surface area contributed by atoms with Gasteiger partial charge in [0, 0.05) is 0 Å². The quantitative estimate of drug-likeness (QED) is 0.418. The van der Waals surface area contributed by atoms with Crippen molar-refractivity contribution in [3.8, 4) is 0 Å². The molecule has 100 valence electrons. The first-order valence-corrected chi connectivity index (χ1v) is 5.70. The van der Waals surface area contributed by atoms with Gasteiger partial charge >= 0.3 is 0 Å². The molecule has 0 spiro atoms. The van der Waals surface area contributed by atoms with Gasteiger partial charge in [0.2, 0.25) is 0 Å². The van der Waals surface area contributed by atoms with Crippen LogP contribution in [0.1, 0.15) is 0 Å². The van der Waals surface area contributed by atoms with Crippen LogP contribution in [0, 0.1) is 0 Å². The van der Waals surface area contributed by atoms with Gasteiger partial charge < -0.3 is 48.8 Å². The normalized spacial score (nSPS) is 39.0. The van der Waals surface area contributed by atoms with Crippen molar-refractivity contribution in [3.63, 3.8) is 0 Å². The number of phosphoric acid groups is 1. The van der Waals surface area contributed by atoms with E-state index in [2.05, 4.69) is 9.26 Å². The zero-order valence-corrected chi connectivity index (χ0v) is 8.93. The van der Waals surface area contributed by atoms with Crippen LogP contribution in [0.4, 0.5) is 0 Å². The van der Waals surface area contributed by atoms with Crippen LogP contribution in [0.15, 0.2) is 0 Å². The number of rotatable bonds is 3. The largest absolute Gasteiger partial charge is 0.790 e. The average molecular weight is 271 g/mol. The Morgan fingerprint density at radius 3 is 2.12 bits per heavy atom. The molecule has 0 amide bonds.